The number of hydrogen-bond acceptors (Lipinski definition) is 5. The van der Waals surface area contributed by atoms with Crippen LogP contribution in [0.3, 0.4) is 0 Å². The van der Waals surface area contributed by atoms with Crippen molar-refractivity contribution in [2.45, 2.75) is 13.5 Å². The molecule has 2 rings (SSSR count). The molecule has 0 aliphatic heterocycles. The summed E-state index contributed by atoms with van der Waals surface area (Å²) in [7, 11) is 3.10. The van der Waals surface area contributed by atoms with Gasteiger partial charge in [0.2, 0.25) is 17.7 Å². The SMILES string of the molecule is COc1ccc(-c2ccc(CNC(C)=O)cn2)c(OC)n1. The highest BCUT2D eigenvalue weighted by Gasteiger charge is 2.10. The van der Waals surface area contributed by atoms with E-state index in [1.807, 2.05) is 18.2 Å². The average molecular weight is 287 g/mol. The van der Waals surface area contributed by atoms with Gasteiger partial charge in [0.1, 0.15) is 0 Å². The monoisotopic (exact) mass is 287 g/mol. The topological polar surface area (TPSA) is 73.3 Å². The summed E-state index contributed by atoms with van der Waals surface area (Å²) in [5, 5.41) is 2.73. The van der Waals surface area contributed by atoms with Crippen LogP contribution in [0.25, 0.3) is 11.3 Å². The zero-order valence-corrected chi connectivity index (χ0v) is 12.2. The molecule has 6 heteroatoms. The largest absolute Gasteiger partial charge is 0.481 e. The summed E-state index contributed by atoms with van der Waals surface area (Å²) < 4.78 is 10.3. The summed E-state index contributed by atoms with van der Waals surface area (Å²) in [5.74, 6) is 0.870. The van der Waals surface area contributed by atoms with Gasteiger partial charge in [-0.25, -0.2) is 0 Å². The van der Waals surface area contributed by atoms with E-state index < -0.39 is 0 Å². The molecule has 110 valence electrons. The fourth-order valence-electron chi connectivity index (χ4n) is 1.80. The van der Waals surface area contributed by atoms with Crippen molar-refractivity contribution >= 4 is 5.91 Å². The predicted molar refractivity (Wildman–Crippen MR) is 78.1 cm³/mol. The minimum atomic E-state index is -0.0694. The molecule has 0 unspecified atom stereocenters. The second-order valence-electron chi connectivity index (χ2n) is 4.37. The van der Waals surface area contributed by atoms with Crippen molar-refractivity contribution in [2.75, 3.05) is 14.2 Å². The van der Waals surface area contributed by atoms with Gasteiger partial charge in [-0.2, -0.15) is 4.98 Å². The van der Waals surface area contributed by atoms with Crippen LogP contribution in [-0.2, 0) is 11.3 Å². The Morgan fingerprint density at radius 3 is 2.57 bits per heavy atom. The van der Waals surface area contributed by atoms with Crippen LogP contribution in [0.1, 0.15) is 12.5 Å². The highest BCUT2D eigenvalue weighted by Crippen LogP contribution is 2.28. The van der Waals surface area contributed by atoms with Gasteiger partial charge in [0.15, 0.2) is 0 Å². The first kappa shape index (κ1) is 14.8. The van der Waals surface area contributed by atoms with E-state index in [0.29, 0.717) is 18.3 Å². The Morgan fingerprint density at radius 2 is 2.00 bits per heavy atom. The van der Waals surface area contributed by atoms with Crippen molar-refractivity contribution in [1.29, 1.82) is 0 Å². The first-order valence-electron chi connectivity index (χ1n) is 6.43. The van der Waals surface area contributed by atoms with Gasteiger partial charge in [-0.1, -0.05) is 6.07 Å². The van der Waals surface area contributed by atoms with E-state index in [1.165, 1.54) is 6.92 Å². The lowest BCUT2D eigenvalue weighted by atomic mass is 10.1. The standard InChI is InChI=1S/C15H17N3O3/c1-10(19)16-8-11-4-6-13(17-9-11)12-5-7-14(20-2)18-15(12)21-3/h4-7,9H,8H2,1-3H3,(H,16,19). The first-order valence-corrected chi connectivity index (χ1v) is 6.43. The maximum atomic E-state index is 10.9. The molecule has 0 bridgehead atoms. The molecule has 2 aromatic heterocycles. The number of methoxy groups -OCH3 is 2. The number of amides is 1. The molecule has 21 heavy (non-hydrogen) atoms. The molecule has 2 aromatic rings. The Bertz CT molecular complexity index is 627. The van der Waals surface area contributed by atoms with Crippen LogP contribution in [0.4, 0.5) is 0 Å². The Labute approximate surface area is 123 Å². The van der Waals surface area contributed by atoms with E-state index >= 15 is 0 Å². The summed E-state index contributed by atoms with van der Waals surface area (Å²) in [4.78, 5) is 19.5. The molecule has 0 radical (unpaired) electrons. The fourth-order valence-corrected chi connectivity index (χ4v) is 1.80. The van der Waals surface area contributed by atoms with E-state index in [1.54, 1.807) is 26.5 Å². The number of carbonyl (C=O) groups is 1. The van der Waals surface area contributed by atoms with Crippen LogP contribution < -0.4 is 14.8 Å². The molecule has 0 saturated carbocycles. The highest BCUT2D eigenvalue weighted by molar-refractivity contribution is 5.72. The average Bonchev–Trinajstić information content (AvgIpc) is 2.52. The van der Waals surface area contributed by atoms with Gasteiger partial charge in [-0.05, 0) is 17.7 Å². The number of aromatic nitrogens is 2. The van der Waals surface area contributed by atoms with Crippen molar-refractivity contribution in [1.82, 2.24) is 15.3 Å². The molecule has 1 N–H and O–H groups in total. The molecule has 0 fully saturated rings. The van der Waals surface area contributed by atoms with Gasteiger partial charge in [-0.3, -0.25) is 9.78 Å². The van der Waals surface area contributed by atoms with E-state index in [2.05, 4.69) is 15.3 Å². The zero-order chi connectivity index (χ0) is 15.2. The van der Waals surface area contributed by atoms with E-state index in [-0.39, 0.29) is 5.91 Å². The smallest absolute Gasteiger partial charge is 0.225 e. The Balaban J connectivity index is 2.24. The van der Waals surface area contributed by atoms with Crippen molar-refractivity contribution < 1.29 is 14.3 Å². The molecule has 6 nitrogen and oxygen atoms in total. The number of ether oxygens (including phenoxy) is 2. The van der Waals surface area contributed by atoms with Gasteiger partial charge in [-0.15, -0.1) is 0 Å². The Hall–Kier alpha value is -2.63. The third kappa shape index (κ3) is 3.68. The van der Waals surface area contributed by atoms with Crippen LogP contribution in [0.5, 0.6) is 11.8 Å². The molecule has 2 heterocycles. The molecular weight excluding hydrogens is 270 g/mol. The maximum Gasteiger partial charge on any atom is 0.225 e. The van der Waals surface area contributed by atoms with E-state index in [4.69, 9.17) is 9.47 Å². The third-order valence-electron chi connectivity index (χ3n) is 2.88. The first-order chi connectivity index (χ1) is 10.1. The second kappa shape index (κ2) is 6.69. The van der Waals surface area contributed by atoms with Gasteiger partial charge in [0.25, 0.3) is 0 Å². The number of pyridine rings is 2. The van der Waals surface area contributed by atoms with Crippen molar-refractivity contribution in [3.63, 3.8) is 0 Å². The third-order valence-corrected chi connectivity index (χ3v) is 2.88. The molecular formula is C15H17N3O3. The van der Waals surface area contributed by atoms with Crippen LogP contribution in [0, 0.1) is 0 Å². The number of hydrogen-bond donors (Lipinski definition) is 1. The van der Waals surface area contributed by atoms with Crippen LogP contribution in [0.2, 0.25) is 0 Å². The number of nitrogens with zero attached hydrogens (tertiary/aromatic N) is 2. The minimum Gasteiger partial charge on any atom is -0.481 e. The Kier molecular flexibility index (Phi) is 4.71. The van der Waals surface area contributed by atoms with Gasteiger partial charge in [0, 0.05) is 25.7 Å². The highest BCUT2D eigenvalue weighted by atomic mass is 16.5. The minimum absolute atomic E-state index is 0.0694. The van der Waals surface area contributed by atoms with E-state index in [9.17, 15) is 4.79 Å². The van der Waals surface area contributed by atoms with Crippen molar-refractivity contribution in [3.05, 3.63) is 36.0 Å². The quantitative estimate of drug-likeness (QED) is 0.907. The summed E-state index contributed by atoms with van der Waals surface area (Å²) in [5.41, 5.74) is 2.45. The lowest BCUT2D eigenvalue weighted by Gasteiger charge is -2.09. The number of nitrogens with one attached hydrogen (secondary N) is 1. The molecule has 1 amide bonds. The molecule has 0 aliphatic rings. The van der Waals surface area contributed by atoms with Crippen LogP contribution in [-0.4, -0.2) is 30.1 Å². The summed E-state index contributed by atoms with van der Waals surface area (Å²) in [6, 6.07) is 7.37. The second-order valence-corrected chi connectivity index (χ2v) is 4.37. The Morgan fingerprint density at radius 1 is 1.19 bits per heavy atom. The van der Waals surface area contributed by atoms with Crippen molar-refractivity contribution in [2.24, 2.45) is 0 Å². The number of carbonyl (C=O) groups excluding carboxylic acids is 1. The molecule has 0 spiro atoms. The molecule has 0 aliphatic carbocycles. The van der Waals surface area contributed by atoms with Gasteiger partial charge in [0.05, 0.1) is 25.5 Å². The lowest BCUT2D eigenvalue weighted by molar-refractivity contribution is -0.119. The predicted octanol–water partition coefficient (Wildman–Crippen LogP) is 1.80. The normalized spacial score (nSPS) is 10.0. The molecule has 0 aromatic carbocycles. The van der Waals surface area contributed by atoms with Gasteiger partial charge >= 0.3 is 0 Å². The van der Waals surface area contributed by atoms with Crippen molar-refractivity contribution in [3.8, 4) is 23.0 Å². The fraction of sp³-hybridized carbons (Fsp3) is 0.267. The molecule has 0 saturated heterocycles. The summed E-state index contributed by atoms with van der Waals surface area (Å²) in [6.07, 6.45) is 1.72. The maximum absolute atomic E-state index is 10.9. The lowest BCUT2D eigenvalue weighted by Crippen LogP contribution is -2.18. The summed E-state index contributed by atoms with van der Waals surface area (Å²) in [6.45, 7) is 1.94. The van der Waals surface area contributed by atoms with Crippen LogP contribution in [0.15, 0.2) is 30.5 Å². The van der Waals surface area contributed by atoms with Gasteiger partial charge < -0.3 is 14.8 Å². The molecule has 0 atom stereocenters. The van der Waals surface area contributed by atoms with Crippen LogP contribution >= 0.6 is 0 Å². The number of rotatable bonds is 5. The summed E-state index contributed by atoms with van der Waals surface area (Å²) >= 11 is 0. The zero-order valence-electron chi connectivity index (χ0n) is 12.2. The van der Waals surface area contributed by atoms with E-state index in [0.717, 1.165) is 16.8 Å².